The molecule has 1 amide bonds. The number of rotatable bonds is 7. The van der Waals surface area contributed by atoms with E-state index in [1.807, 2.05) is 0 Å². The molecule has 3 aromatic rings. The predicted molar refractivity (Wildman–Crippen MR) is 109 cm³/mol. The number of benzene rings is 1. The number of carbonyl (C=O) groups excluding carboxylic acids is 1. The molecule has 1 N–H and O–H groups in total. The number of nitrogens with zero attached hydrogens (tertiary/aromatic N) is 3. The number of hydrogen-bond donors (Lipinski definition) is 1. The number of anilines is 1. The molecule has 2 heterocycles. The number of hydrogen-bond acceptors (Lipinski definition) is 6. The summed E-state index contributed by atoms with van der Waals surface area (Å²) in [5, 5.41) is 4.44. The zero-order chi connectivity index (χ0) is 20.3. The molecule has 0 saturated carbocycles. The Morgan fingerprint density at radius 3 is 2.50 bits per heavy atom. The SMILES string of the molecule is CCN(CC)S(=O)(=O)c1ccc(NC(=O)Cn2cnc3ccsc3c2=O)cc1. The first-order chi connectivity index (χ1) is 13.4. The van der Waals surface area contributed by atoms with Crippen molar-refractivity contribution in [2.75, 3.05) is 18.4 Å². The Morgan fingerprint density at radius 2 is 1.86 bits per heavy atom. The highest BCUT2D eigenvalue weighted by Crippen LogP contribution is 2.18. The smallest absolute Gasteiger partial charge is 0.271 e. The van der Waals surface area contributed by atoms with Gasteiger partial charge < -0.3 is 5.32 Å². The van der Waals surface area contributed by atoms with Crippen LogP contribution >= 0.6 is 11.3 Å². The fraction of sp³-hybridized carbons (Fsp3) is 0.278. The van der Waals surface area contributed by atoms with Crippen LogP contribution < -0.4 is 10.9 Å². The number of nitrogens with one attached hydrogen (secondary N) is 1. The minimum absolute atomic E-state index is 0.165. The van der Waals surface area contributed by atoms with E-state index in [-0.39, 0.29) is 17.0 Å². The van der Waals surface area contributed by atoms with Gasteiger partial charge in [-0.15, -0.1) is 11.3 Å². The maximum Gasteiger partial charge on any atom is 0.271 e. The minimum Gasteiger partial charge on any atom is -0.325 e. The first kappa shape index (κ1) is 20.2. The molecule has 0 spiro atoms. The summed E-state index contributed by atoms with van der Waals surface area (Å²) in [6, 6.07) is 7.71. The first-order valence-corrected chi connectivity index (χ1v) is 11.0. The van der Waals surface area contributed by atoms with Crippen LogP contribution in [0, 0.1) is 0 Å². The van der Waals surface area contributed by atoms with Gasteiger partial charge in [-0.1, -0.05) is 13.8 Å². The van der Waals surface area contributed by atoms with Gasteiger partial charge in [0.25, 0.3) is 5.56 Å². The Balaban J connectivity index is 1.72. The van der Waals surface area contributed by atoms with Gasteiger partial charge >= 0.3 is 0 Å². The van der Waals surface area contributed by atoms with E-state index < -0.39 is 15.9 Å². The first-order valence-electron chi connectivity index (χ1n) is 8.69. The van der Waals surface area contributed by atoms with Crippen molar-refractivity contribution in [2.24, 2.45) is 0 Å². The van der Waals surface area contributed by atoms with Crippen LogP contribution in [0.2, 0.25) is 0 Å². The van der Waals surface area contributed by atoms with Crippen LogP contribution in [0.4, 0.5) is 5.69 Å². The highest BCUT2D eigenvalue weighted by molar-refractivity contribution is 7.89. The van der Waals surface area contributed by atoms with E-state index in [2.05, 4.69) is 10.3 Å². The average Bonchev–Trinajstić information content (AvgIpc) is 3.15. The van der Waals surface area contributed by atoms with Crippen molar-refractivity contribution in [3.05, 3.63) is 52.4 Å². The fourth-order valence-corrected chi connectivity index (χ4v) is 5.02. The van der Waals surface area contributed by atoms with E-state index in [0.29, 0.717) is 29.0 Å². The molecule has 0 aliphatic heterocycles. The molecule has 10 heteroatoms. The van der Waals surface area contributed by atoms with Crippen LogP contribution in [0.15, 0.2) is 51.7 Å². The highest BCUT2D eigenvalue weighted by atomic mass is 32.2. The summed E-state index contributed by atoms with van der Waals surface area (Å²) in [4.78, 5) is 28.9. The number of aromatic nitrogens is 2. The van der Waals surface area contributed by atoms with Crippen LogP contribution in [0.5, 0.6) is 0 Å². The third-order valence-corrected chi connectivity index (χ3v) is 7.19. The van der Waals surface area contributed by atoms with Crippen molar-refractivity contribution in [3.8, 4) is 0 Å². The van der Waals surface area contributed by atoms with E-state index in [1.165, 1.54) is 50.8 Å². The minimum atomic E-state index is -3.55. The lowest BCUT2D eigenvalue weighted by Gasteiger charge is -2.18. The topological polar surface area (TPSA) is 101 Å². The Labute approximate surface area is 166 Å². The van der Waals surface area contributed by atoms with Gasteiger partial charge in [0, 0.05) is 18.8 Å². The normalized spacial score (nSPS) is 11.8. The van der Waals surface area contributed by atoms with Crippen molar-refractivity contribution in [2.45, 2.75) is 25.3 Å². The number of thiophene rings is 1. The van der Waals surface area contributed by atoms with Gasteiger partial charge in [-0.05, 0) is 35.7 Å². The fourth-order valence-electron chi connectivity index (χ4n) is 2.77. The largest absolute Gasteiger partial charge is 0.325 e. The lowest BCUT2D eigenvalue weighted by atomic mass is 10.3. The van der Waals surface area contributed by atoms with Gasteiger partial charge in [0.1, 0.15) is 11.2 Å². The molecule has 148 valence electrons. The van der Waals surface area contributed by atoms with E-state index in [9.17, 15) is 18.0 Å². The van der Waals surface area contributed by atoms with Crippen molar-refractivity contribution in [3.63, 3.8) is 0 Å². The molecular weight excluding hydrogens is 400 g/mol. The summed E-state index contributed by atoms with van der Waals surface area (Å²) < 4.78 is 28.1. The number of carbonyl (C=O) groups is 1. The lowest BCUT2D eigenvalue weighted by Crippen LogP contribution is -2.30. The molecule has 0 radical (unpaired) electrons. The highest BCUT2D eigenvalue weighted by Gasteiger charge is 2.21. The Kier molecular flexibility index (Phi) is 5.92. The molecule has 0 unspecified atom stereocenters. The summed E-state index contributed by atoms with van der Waals surface area (Å²) in [5.74, 6) is -0.404. The number of sulfonamides is 1. The maximum absolute atomic E-state index is 12.5. The molecular formula is C18H20N4O4S2. The van der Waals surface area contributed by atoms with Crippen molar-refractivity contribution in [1.29, 1.82) is 0 Å². The van der Waals surface area contributed by atoms with Gasteiger partial charge in [-0.2, -0.15) is 4.31 Å². The van der Waals surface area contributed by atoms with Crippen molar-refractivity contribution >= 4 is 43.2 Å². The van der Waals surface area contributed by atoms with Gasteiger partial charge in [0.2, 0.25) is 15.9 Å². The quantitative estimate of drug-likeness (QED) is 0.631. The molecule has 0 atom stereocenters. The number of fused-ring (bicyclic) bond motifs is 1. The van der Waals surface area contributed by atoms with Gasteiger partial charge in [0.05, 0.1) is 16.7 Å². The standard InChI is InChI=1S/C18H20N4O4S2/c1-3-22(4-2)28(25,26)14-7-5-13(6-8-14)20-16(23)11-21-12-19-15-9-10-27-17(15)18(21)24/h5-10,12H,3-4,11H2,1-2H3,(H,20,23). The van der Waals surface area contributed by atoms with Crippen molar-refractivity contribution in [1.82, 2.24) is 13.9 Å². The molecule has 3 rings (SSSR count). The summed E-state index contributed by atoms with van der Waals surface area (Å²) >= 11 is 1.28. The summed E-state index contributed by atoms with van der Waals surface area (Å²) in [7, 11) is -3.55. The monoisotopic (exact) mass is 420 g/mol. The van der Waals surface area contributed by atoms with Gasteiger partial charge in [0.15, 0.2) is 0 Å². The van der Waals surface area contributed by atoms with Crippen LogP contribution in [-0.2, 0) is 21.4 Å². The second-order valence-electron chi connectivity index (χ2n) is 5.97. The third-order valence-electron chi connectivity index (χ3n) is 4.23. The van der Waals surface area contributed by atoms with E-state index in [4.69, 9.17) is 0 Å². The number of amides is 1. The molecule has 2 aromatic heterocycles. The molecule has 0 aliphatic rings. The summed E-state index contributed by atoms with van der Waals surface area (Å²) in [6.07, 6.45) is 1.34. The van der Waals surface area contributed by atoms with Crippen LogP contribution in [0.25, 0.3) is 10.2 Å². The van der Waals surface area contributed by atoms with Crippen LogP contribution in [0.1, 0.15) is 13.8 Å². The van der Waals surface area contributed by atoms with Crippen LogP contribution in [0.3, 0.4) is 0 Å². The average molecular weight is 421 g/mol. The third kappa shape index (κ3) is 3.98. The Bertz CT molecular complexity index is 1150. The molecule has 8 nitrogen and oxygen atoms in total. The Hall–Kier alpha value is -2.56. The molecule has 0 saturated heterocycles. The lowest BCUT2D eigenvalue weighted by molar-refractivity contribution is -0.116. The van der Waals surface area contributed by atoms with Crippen LogP contribution in [-0.4, -0.2) is 41.3 Å². The Morgan fingerprint density at radius 1 is 1.18 bits per heavy atom. The van der Waals surface area contributed by atoms with Gasteiger partial charge in [-0.25, -0.2) is 13.4 Å². The molecule has 0 bridgehead atoms. The maximum atomic E-state index is 12.5. The summed E-state index contributed by atoms with van der Waals surface area (Å²) in [6.45, 7) is 4.14. The summed E-state index contributed by atoms with van der Waals surface area (Å²) in [5.41, 5.74) is 0.786. The van der Waals surface area contributed by atoms with E-state index >= 15 is 0 Å². The van der Waals surface area contributed by atoms with E-state index in [0.717, 1.165) is 0 Å². The second-order valence-corrected chi connectivity index (χ2v) is 8.83. The molecule has 0 fully saturated rings. The zero-order valence-corrected chi connectivity index (χ0v) is 17.1. The van der Waals surface area contributed by atoms with Crippen molar-refractivity contribution < 1.29 is 13.2 Å². The zero-order valence-electron chi connectivity index (χ0n) is 15.5. The predicted octanol–water partition coefficient (Wildman–Crippen LogP) is 2.13. The molecule has 1 aromatic carbocycles. The van der Waals surface area contributed by atoms with E-state index in [1.54, 1.807) is 25.3 Å². The second kappa shape index (κ2) is 8.21. The molecule has 28 heavy (non-hydrogen) atoms. The molecule has 0 aliphatic carbocycles. The van der Waals surface area contributed by atoms with Gasteiger partial charge in [-0.3, -0.25) is 14.2 Å².